The van der Waals surface area contributed by atoms with Crippen molar-refractivity contribution < 1.29 is 0 Å². The highest BCUT2D eigenvalue weighted by molar-refractivity contribution is 7.98. The normalized spacial score (nSPS) is 12.7. The second-order valence-corrected chi connectivity index (χ2v) is 6.08. The number of pyridine rings is 1. The first-order chi connectivity index (χ1) is 9.10. The van der Waals surface area contributed by atoms with Crippen molar-refractivity contribution in [2.75, 3.05) is 24.0 Å². The van der Waals surface area contributed by atoms with Crippen LogP contribution in [0, 0.1) is 0 Å². The molecule has 0 aliphatic heterocycles. The van der Waals surface area contributed by atoms with Gasteiger partial charge in [0.1, 0.15) is 0 Å². The van der Waals surface area contributed by atoms with Gasteiger partial charge in [-0.3, -0.25) is 4.98 Å². The van der Waals surface area contributed by atoms with Crippen molar-refractivity contribution in [2.45, 2.75) is 45.8 Å². The Bertz CT molecular complexity index is 368. The Hall–Kier alpha value is -0.740. The van der Waals surface area contributed by atoms with Crippen molar-refractivity contribution in [1.82, 2.24) is 10.3 Å². The highest BCUT2D eigenvalue weighted by Gasteiger charge is 2.15. The fraction of sp³-hybridized carbons (Fsp3) is 0.667. The molecule has 0 saturated carbocycles. The molecule has 0 spiro atoms. The van der Waals surface area contributed by atoms with Crippen LogP contribution in [0.25, 0.3) is 0 Å². The summed E-state index contributed by atoms with van der Waals surface area (Å²) in [7, 11) is 2.18. The molecule has 0 saturated heterocycles. The quantitative estimate of drug-likeness (QED) is 0.792. The molecule has 108 valence electrons. The van der Waals surface area contributed by atoms with Gasteiger partial charge < -0.3 is 10.2 Å². The van der Waals surface area contributed by atoms with Crippen LogP contribution < -0.4 is 10.2 Å². The van der Waals surface area contributed by atoms with Gasteiger partial charge >= 0.3 is 0 Å². The molecule has 0 amide bonds. The van der Waals surface area contributed by atoms with E-state index in [9.17, 15) is 0 Å². The molecule has 4 heteroatoms. The van der Waals surface area contributed by atoms with Crippen LogP contribution in [0.5, 0.6) is 0 Å². The SMILES string of the molecule is CCC(CSC)N(C)c1cnccc1CNC(C)C. The minimum atomic E-state index is 0.500. The van der Waals surface area contributed by atoms with Crippen molar-refractivity contribution in [2.24, 2.45) is 0 Å². The molecule has 1 N–H and O–H groups in total. The van der Waals surface area contributed by atoms with Crippen molar-refractivity contribution in [3.63, 3.8) is 0 Å². The minimum absolute atomic E-state index is 0.500. The zero-order valence-electron chi connectivity index (χ0n) is 12.8. The van der Waals surface area contributed by atoms with Gasteiger partial charge in [-0.1, -0.05) is 20.8 Å². The lowest BCUT2D eigenvalue weighted by Crippen LogP contribution is -2.34. The van der Waals surface area contributed by atoms with Gasteiger partial charge in [0, 0.05) is 37.6 Å². The zero-order valence-corrected chi connectivity index (χ0v) is 13.6. The highest BCUT2D eigenvalue weighted by Crippen LogP contribution is 2.22. The fourth-order valence-electron chi connectivity index (χ4n) is 2.09. The molecule has 0 bridgehead atoms. The van der Waals surface area contributed by atoms with Gasteiger partial charge in [0.25, 0.3) is 0 Å². The van der Waals surface area contributed by atoms with Crippen molar-refractivity contribution >= 4 is 17.4 Å². The maximum atomic E-state index is 4.29. The van der Waals surface area contributed by atoms with Crippen LogP contribution in [0.15, 0.2) is 18.5 Å². The van der Waals surface area contributed by atoms with Gasteiger partial charge in [0.2, 0.25) is 0 Å². The summed E-state index contributed by atoms with van der Waals surface area (Å²) >= 11 is 1.90. The van der Waals surface area contributed by atoms with Gasteiger partial charge in [-0.2, -0.15) is 11.8 Å². The second kappa shape index (κ2) is 8.43. The first-order valence-corrected chi connectivity index (χ1v) is 8.37. The molecule has 19 heavy (non-hydrogen) atoms. The summed E-state index contributed by atoms with van der Waals surface area (Å²) in [5, 5.41) is 3.49. The second-order valence-electron chi connectivity index (χ2n) is 5.17. The molecular formula is C15H27N3S. The van der Waals surface area contributed by atoms with Crippen LogP contribution in [0.3, 0.4) is 0 Å². The van der Waals surface area contributed by atoms with E-state index in [1.165, 1.54) is 11.3 Å². The Balaban J connectivity index is 2.85. The standard InChI is InChI=1S/C15H27N3S/c1-6-14(11-19-5)18(4)15-10-16-8-7-13(15)9-17-12(2)3/h7-8,10,12,14,17H,6,9,11H2,1-5H3. The summed E-state index contributed by atoms with van der Waals surface area (Å²) in [5.41, 5.74) is 2.57. The molecule has 1 heterocycles. The average molecular weight is 281 g/mol. The van der Waals surface area contributed by atoms with Crippen LogP contribution in [0.1, 0.15) is 32.8 Å². The van der Waals surface area contributed by atoms with Gasteiger partial charge in [-0.15, -0.1) is 0 Å². The predicted octanol–water partition coefficient (Wildman–Crippen LogP) is 3.16. The lowest BCUT2D eigenvalue weighted by Gasteiger charge is -2.30. The maximum absolute atomic E-state index is 4.29. The Labute approximate surface area is 122 Å². The molecule has 1 atom stereocenters. The molecule has 3 nitrogen and oxygen atoms in total. The van der Waals surface area contributed by atoms with Crippen LogP contribution in [0.4, 0.5) is 5.69 Å². The molecule has 1 aromatic heterocycles. The topological polar surface area (TPSA) is 28.2 Å². The molecule has 1 aromatic rings. The molecule has 0 fully saturated rings. The van der Waals surface area contributed by atoms with Crippen LogP contribution in [-0.4, -0.2) is 36.1 Å². The van der Waals surface area contributed by atoms with Crippen molar-refractivity contribution in [3.05, 3.63) is 24.0 Å². The summed E-state index contributed by atoms with van der Waals surface area (Å²) in [6, 6.07) is 3.18. The Morgan fingerprint density at radius 1 is 1.42 bits per heavy atom. The minimum Gasteiger partial charge on any atom is -0.369 e. The van der Waals surface area contributed by atoms with E-state index in [4.69, 9.17) is 0 Å². The fourth-order valence-corrected chi connectivity index (χ4v) is 2.93. The van der Waals surface area contributed by atoms with Gasteiger partial charge in [0.15, 0.2) is 0 Å². The van der Waals surface area contributed by atoms with E-state index in [0.29, 0.717) is 12.1 Å². The zero-order chi connectivity index (χ0) is 14.3. The van der Waals surface area contributed by atoms with E-state index >= 15 is 0 Å². The number of nitrogens with zero attached hydrogens (tertiary/aromatic N) is 2. The third kappa shape index (κ3) is 5.03. The Morgan fingerprint density at radius 2 is 2.16 bits per heavy atom. The number of anilines is 1. The van der Waals surface area contributed by atoms with Gasteiger partial charge in [-0.25, -0.2) is 0 Å². The first-order valence-electron chi connectivity index (χ1n) is 6.98. The number of rotatable bonds is 8. The van der Waals surface area contributed by atoms with E-state index < -0.39 is 0 Å². The maximum Gasteiger partial charge on any atom is 0.0598 e. The number of nitrogens with one attached hydrogen (secondary N) is 1. The third-order valence-corrected chi connectivity index (χ3v) is 4.06. The molecule has 1 unspecified atom stereocenters. The van der Waals surface area contributed by atoms with Crippen molar-refractivity contribution in [1.29, 1.82) is 0 Å². The monoisotopic (exact) mass is 281 g/mol. The Morgan fingerprint density at radius 3 is 2.74 bits per heavy atom. The summed E-state index contributed by atoms with van der Waals surface area (Å²) in [6.07, 6.45) is 7.19. The van der Waals surface area contributed by atoms with Gasteiger partial charge in [0.05, 0.1) is 11.9 Å². The summed E-state index contributed by atoms with van der Waals surface area (Å²) in [6.45, 7) is 7.50. The average Bonchev–Trinajstić information content (AvgIpc) is 2.42. The Kier molecular flexibility index (Phi) is 7.24. The molecule has 0 aliphatic rings. The lowest BCUT2D eigenvalue weighted by atomic mass is 10.1. The van der Waals surface area contributed by atoms with Crippen LogP contribution in [0.2, 0.25) is 0 Å². The molecule has 0 aromatic carbocycles. The number of hydrogen-bond acceptors (Lipinski definition) is 4. The third-order valence-electron chi connectivity index (χ3n) is 3.35. The molecular weight excluding hydrogens is 254 g/mol. The summed E-state index contributed by atoms with van der Waals surface area (Å²) in [4.78, 5) is 6.67. The van der Waals surface area contributed by atoms with E-state index in [-0.39, 0.29) is 0 Å². The van der Waals surface area contributed by atoms with E-state index in [2.05, 4.69) is 55.3 Å². The largest absolute Gasteiger partial charge is 0.369 e. The van der Waals surface area contributed by atoms with Crippen LogP contribution in [-0.2, 0) is 6.54 Å². The van der Waals surface area contributed by atoms with Crippen LogP contribution >= 0.6 is 11.8 Å². The number of aromatic nitrogens is 1. The van der Waals surface area contributed by atoms with E-state index in [1.54, 1.807) is 0 Å². The smallest absolute Gasteiger partial charge is 0.0598 e. The lowest BCUT2D eigenvalue weighted by molar-refractivity contribution is 0.585. The van der Waals surface area contributed by atoms with E-state index in [1.807, 2.05) is 24.2 Å². The van der Waals surface area contributed by atoms with Crippen molar-refractivity contribution in [3.8, 4) is 0 Å². The first kappa shape index (κ1) is 16.3. The van der Waals surface area contributed by atoms with E-state index in [0.717, 1.165) is 18.7 Å². The molecule has 0 aliphatic carbocycles. The van der Waals surface area contributed by atoms with Gasteiger partial charge in [-0.05, 0) is 24.3 Å². The predicted molar refractivity (Wildman–Crippen MR) is 87.1 cm³/mol. The summed E-state index contributed by atoms with van der Waals surface area (Å²) < 4.78 is 0. The molecule has 1 rings (SSSR count). The summed E-state index contributed by atoms with van der Waals surface area (Å²) in [5.74, 6) is 1.15. The number of thioether (sulfide) groups is 1. The number of hydrogen-bond donors (Lipinski definition) is 1. The molecule has 0 radical (unpaired) electrons. The highest BCUT2D eigenvalue weighted by atomic mass is 32.2.